The van der Waals surface area contributed by atoms with E-state index in [0.29, 0.717) is 16.9 Å². The number of benzene rings is 2. The van der Waals surface area contributed by atoms with E-state index in [1.165, 1.54) is 24.4 Å². The van der Waals surface area contributed by atoms with Gasteiger partial charge in [0, 0.05) is 35.5 Å². The monoisotopic (exact) mass is 501 g/mol. The van der Waals surface area contributed by atoms with E-state index in [9.17, 15) is 18.0 Å². The number of carbonyl (C=O) groups is 1. The Kier molecular flexibility index (Phi) is 7.25. The zero-order valence-electron chi connectivity index (χ0n) is 19.3. The Labute approximate surface area is 204 Å². The van der Waals surface area contributed by atoms with Gasteiger partial charge in [-0.3, -0.25) is 14.3 Å². The lowest BCUT2D eigenvalue weighted by Crippen LogP contribution is -2.15. The van der Waals surface area contributed by atoms with Crippen molar-refractivity contribution < 1.29 is 31.8 Å². The highest BCUT2D eigenvalue weighted by Gasteiger charge is 2.32. The molecule has 0 aliphatic rings. The van der Waals surface area contributed by atoms with Gasteiger partial charge in [0.2, 0.25) is 0 Å². The molecule has 4 rings (SSSR count). The molecular weight excluding hydrogens is 478 g/mol. The number of para-hydroxylation sites is 1. The number of aromatic nitrogens is 2. The van der Waals surface area contributed by atoms with E-state index in [0.717, 1.165) is 6.20 Å². The van der Waals surface area contributed by atoms with Gasteiger partial charge in [0.15, 0.2) is 5.82 Å². The normalized spacial score (nSPS) is 11.6. The molecule has 6 nitrogen and oxygen atoms in total. The van der Waals surface area contributed by atoms with E-state index in [2.05, 4.69) is 4.98 Å². The number of hydrogen-bond acceptors (Lipinski definition) is 5. The summed E-state index contributed by atoms with van der Waals surface area (Å²) in [5, 5.41) is 0.215. The molecule has 0 atom stereocenters. The molecule has 0 fully saturated rings. The van der Waals surface area contributed by atoms with Crippen LogP contribution in [0.15, 0.2) is 60.9 Å². The quantitative estimate of drug-likeness (QED) is 0.256. The van der Waals surface area contributed by atoms with Crippen LogP contribution in [0.1, 0.15) is 23.7 Å². The number of alkyl halides is 3. The van der Waals surface area contributed by atoms with Crippen LogP contribution in [0.3, 0.4) is 0 Å². The zero-order valence-corrected chi connectivity index (χ0v) is 19.3. The predicted octanol–water partition coefficient (Wildman–Crippen LogP) is 5.46. The minimum absolute atomic E-state index is 0.00505. The number of fused-ring (bicyclic) bond motifs is 1. The first-order chi connectivity index (χ1) is 17.2. The molecule has 0 saturated carbocycles. The van der Waals surface area contributed by atoms with Crippen LogP contribution in [0.2, 0.25) is 0 Å². The van der Waals surface area contributed by atoms with E-state index in [4.69, 9.17) is 15.2 Å². The van der Waals surface area contributed by atoms with Crippen molar-refractivity contribution in [3.05, 3.63) is 83.6 Å². The first kappa shape index (κ1) is 25.2. The van der Waals surface area contributed by atoms with Crippen molar-refractivity contribution in [1.29, 1.82) is 0 Å². The van der Waals surface area contributed by atoms with E-state index < -0.39 is 18.1 Å². The lowest BCUT2D eigenvalue weighted by molar-refractivity contribution is -0.200. The Morgan fingerprint density at radius 1 is 1.11 bits per heavy atom. The second-order valence-electron chi connectivity index (χ2n) is 7.93. The average molecular weight is 501 g/mol. The molecule has 0 aliphatic carbocycles. The standard InChI is InChI=1S/C26H23F4N3O3/c1-2-35-24(34)13-17-5-3-4-6-23(17)36-15-16-11-20(19-7-9-32-21(14-31)25(19)27)18-8-10-33(22(18)12-16)26(28,29)30/h3-12H,2,13-15,31H2,1H3. The third-order valence-corrected chi connectivity index (χ3v) is 5.59. The molecule has 0 spiro atoms. The third kappa shape index (κ3) is 5.18. The van der Waals surface area contributed by atoms with Gasteiger partial charge in [0.25, 0.3) is 0 Å². The first-order valence-electron chi connectivity index (χ1n) is 11.1. The van der Waals surface area contributed by atoms with Crippen molar-refractivity contribution in [1.82, 2.24) is 9.55 Å². The van der Waals surface area contributed by atoms with Crippen molar-refractivity contribution >= 4 is 16.9 Å². The van der Waals surface area contributed by atoms with Gasteiger partial charge in [-0.15, -0.1) is 13.2 Å². The fourth-order valence-corrected chi connectivity index (χ4v) is 3.98. The van der Waals surface area contributed by atoms with E-state index >= 15 is 4.39 Å². The van der Waals surface area contributed by atoms with Crippen LogP contribution in [0.4, 0.5) is 17.6 Å². The predicted molar refractivity (Wildman–Crippen MR) is 125 cm³/mol. The summed E-state index contributed by atoms with van der Waals surface area (Å²) in [6.45, 7) is 1.66. The molecular formula is C26H23F4N3O3. The third-order valence-electron chi connectivity index (χ3n) is 5.59. The van der Waals surface area contributed by atoms with Crippen molar-refractivity contribution in [3.8, 4) is 16.9 Å². The number of nitrogens with two attached hydrogens (primary N) is 1. The van der Waals surface area contributed by atoms with Gasteiger partial charge in [-0.25, -0.2) is 4.39 Å². The Hall–Kier alpha value is -3.92. The van der Waals surface area contributed by atoms with Crippen LogP contribution in [0.5, 0.6) is 5.75 Å². The van der Waals surface area contributed by atoms with Crippen LogP contribution in [0, 0.1) is 5.82 Å². The Balaban J connectivity index is 1.76. The number of halogens is 4. The Morgan fingerprint density at radius 3 is 2.61 bits per heavy atom. The lowest BCUT2D eigenvalue weighted by atomic mass is 9.98. The fraction of sp³-hybridized carbons (Fsp3) is 0.231. The van der Waals surface area contributed by atoms with Gasteiger partial charge in [0.1, 0.15) is 12.4 Å². The highest BCUT2D eigenvalue weighted by molar-refractivity contribution is 5.96. The van der Waals surface area contributed by atoms with Crippen molar-refractivity contribution in [3.63, 3.8) is 0 Å². The smallest absolute Gasteiger partial charge is 0.488 e. The largest absolute Gasteiger partial charge is 0.489 e. The number of pyridine rings is 1. The highest BCUT2D eigenvalue weighted by atomic mass is 19.4. The maximum absolute atomic E-state index is 15.1. The van der Waals surface area contributed by atoms with Gasteiger partial charge in [-0.05, 0) is 48.4 Å². The van der Waals surface area contributed by atoms with E-state index in [-0.39, 0.29) is 58.5 Å². The number of nitrogens with zero attached hydrogens (tertiary/aromatic N) is 2. The van der Waals surface area contributed by atoms with Crippen molar-refractivity contribution in [2.45, 2.75) is 32.8 Å². The van der Waals surface area contributed by atoms with Gasteiger partial charge in [-0.1, -0.05) is 18.2 Å². The molecule has 0 unspecified atom stereocenters. The van der Waals surface area contributed by atoms with Crippen LogP contribution in [-0.2, 0) is 35.4 Å². The maximum Gasteiger partial charge on any atom is 0.488 e. The molecule has 10 heteroatoms. The summed E-state index contributed by atoms with van der Waals surface area (Å²) in [5.74, 6) is -0.734. The van der Waals surface area contributed by atoms with Crippen LogP contribution >= 0.6 is 0 Å². The van der Waals surface area contributed by atoms with Crippen LogP contribution in [0.25, 0.3) is 22.0 Å². The molecule has 0 amide bonds. The summed E-state index contributed by atoms with van der Waals surface area (Å²) in [6, 6.07) is 12.4. The van der Waals surface area contributed by atoms with Gasteiger partial charge in [-0.2, -0.15) is 0 Å². The van der Waals surface area contributed by atoms with Crippen LogP contribution in [-0.4, -0.2) is 22.1 Å². The molecule has 0 radical (unpaired) electrons. The molecule has 2 aromatic heterocycles. The second kappa shape index (κ2) is 10.4. The fourth-order valence-electron chi connectivity index (χ4n) is 3.98. The summed E-state index contributed by atoms with van der Waals surface area (Å²) in [5.41, 5.74) is 6.71. The SMILES string of the molecule is CCOC(=O)Cc1ccccc1OCc1cc(-c2ccnc(CN)c2F)c2ccn(C(F)(F)F)c2c1. The lowest BCUT2D eigenvalue weighted by Gasteiger charge is -2.15. The minimum Gasteiger partial charge on any atom is -0.489 e. The number of esters is 1. The van der Waals surface area contributed by atoms with Gasteiger partial charge >= 0.3 is 12.3 Å². The molecule has 0 bridgehead atoms. The number of ether oxygens (including phenoxy) is 2. The molecule has 36 heavy (non-hydrogen) atoms. The van der Waals surface area contributed by atoms with E-state index in [1.54, 1.807) is 37.3 Å². The number of hydrogen-bond donors (Lipinski definition) is 1. The van der Waals surface area contributed by atoms with Crippen molar-refractivity contribution in [2.75, 3.05) is 6.61 Å². The number of carbonyl (C=O) groups excluding carboxylic acids is 1. The summed E-state index contributed by atoms with van der Waals surface area (Å²) >= 11 is 0. The average Bonchev–Trinajstić information content (AvgIpc) is 3.28. The molecule has 0 aliphatic heterocycles. The Morgan fingerprint density at radius 2 is 1.89 bits per heavy atom. The Bertz CT molecular complexity index is 1400. The summed E-state index contributed by atoms with van der Waals surface area (Å²) in [4.78, 5) is 15.8. The molecule has 2 aromatic carbocycles. The maximum atomic E-state index is 15.1. The second-order valence-corrected chi connectivity index (χ2v) is 7.93. The molecule has 4 aromatic rings. The summed E-state index contributed by atoms with van der Waals surface area (Å²) < 4.78 is 67.2. The van der Waals surface area contributed by atoms with Crippen molar-refractivity contribution in [2.24, 2.45) is 5.73 Å². The van der Waals surface area contributed by atoms with E-state index in [1.807, 2.05) is 0 Å². The highest BCUT2D eigenvalue weighted by Crippen LogP contribution is 2.37. The zero-order chi connectivity index (χ0) is 25.9. The molecule has 2 heterocycles. The molecule has 188 valence electrons. The van der Waals surface area contributed by atoms with Crippen LogP contribution < -0.4 is 10.5 Å². The molecule has 0 saturated heterocycles. The molecule has 2 N–H and O–H groups in total. The first-order valence-corrected chi connectivity index (χ1v) is 11.1. The van der Waals surface area contributed by atoms with Gasteiger partial charge in [0.05, 0.1) is 24.2 Å². The van der Waals surface area contributed by atoms with Gasteiger partial charge < -0.3 is 15.2 Å². The number of rotatable bonds is 8. The minimum atomic E-state index is -4.68. The summed E-state index contributed by atoms with van der Waals surface area (Å²) in [6.07, 6.45) is -2.43. The topological polar surface area (TPSA) is 79.4 Å². The summed E-state index contributed by atoms with van der Waals surface area (Å²) in [7, 11) is 0.